The van der Waals surface area contributed by atoms with Gasteiger partial charge in [0, 0.05) is 13.0 Å². The first-order chi connectivity index (χ1) is 13.2. The van der Waals surface area contributed by atoms with Crippen LogP contribution in [0.2, 0.25) is 5.02 Å². The molecule has 2 saturated carbocycles. The van der Waals surface area contributed by atoms with Gasteiger partial charge in [0.05, 0.1) is 28.1 Å². The van der Waals surface area contributed by atoms with Crippen molar-refractivity contribution in [3.05, 3.63) is 28.8 Å². The molecule has 3 aliphatic rings. The SMILES string of the molecule is O=C(CCN1C(=O)[C@H]2[C@@H]3CC[C@H](C3)[C@@H]2C1=O)Nc1cc(C(F)(F)F)ccc1Cl. The number of benzene rings is 1. The number of alkyl halides is 3. The predicted molar refractivity (Wildman–Crippen MR) is 94.2 cm³/mol. The molecule has 1 saturated heterocycles. The number of halogens is 4. The van der Waals surface area contributed by atoms with Crippen molar-refractivity contribution in [2.45, 2.75) is 31.9 Å². The number of nitrogens with one attached hydrogen (secondary N) is 1. The third kappa shape index (κ3) is 3.17. The minimum Gasteiger partial charge on any atom is -0.325 e. The molecular formula is C19H18ClF3N2O3. The summed E-state index contributed by atoms with van der Waals surface area (Å²) in [4.78, 5) is 38.5. The summed E-state index contributed by atoms with van der Waals surface area (Å²) in [6, 6.07) is 2.64. The highest BCUT2D eigenvalue weighted by atomic mass is 35.5. The van der Waals surface area contributed by atoms with E-state index in [-0.39, 0.29) is 59.2 Å². The lowest BCUT2D eigenvalue weighted by Crippen LogP contribution is -2.35. The largest absolute Gasteiger partial charge is 0.416 e. The Bertz CT molecular complexity index is 829. The summed E-state index contributed by atoms with van der Waals surface area (Å²) in [5.41, 5.74) is -1.09. The molecule has 3 amide bonds. The molecule has 4 rings (SSSR count). The molecule has 3 fully saturated rings. The van der Waals surface area contributed by atoms with Gasteiger partial charge in [-0.15, -0.1) is 0 Å². The standard InChI is InChI=1S/C19H18ClF3N2O3/c20-12-4-3-11(19(21,22)23)8-13(12)24-14(26)5-6-25-17(27)15-9-1-2-10(7-9)16(15)18(25)28/h3-4,8-10,15-16H,1-2,5-7H2,(H,24,26)/t9-,10-,15+,16+/m1/s1. The number of amides is 3. The monoisotopic (exact) mass is 414 g/mol. The number of rotatable bonds is 4. The topological polar surface area (TPSA) is 66.5 Å². The Morgan fingerprint density at radius 1 is 1.14 bits per heavy atom. The molecule has 1 aromatic carbocycles. The first-order valence-corrected chi connectivity index (χ1v) is 9.56. The highest BCUT2D eigenvalue weighted by molar-refractivity contribution is 6.33. The Morgan fingerprint density at radius 3 is 2.32 bits per heavy atom. The maximum Gasteiger partial charge on any atom is 0.416 e. The van der Waals surface area contributed by atoms with Crippen molar-refractivity contribution >= 4 is 35.0 Å². The van der Waals surface area contributed by atoms with Crippen LogP contribution in [-0.4, -0.2) is 29.2 Å². The molecule has 0 radical (unpaired) electrons. The van der Waals surface area contributed by atoms with Crippen molar-refractivity contribution in [3.8, 4) is 0 Å². The van der Waals surface area contributed by atoms with E-state index in [1.807, 2.05) is 0 Å². The first-order valence-electron chi connectivity index (χ1n) is 9.18. The smallest absolute Gasteiger partial charge is 0.325 e. The molecule has 2 aliphatic carbocycles. The molecule has 1 heterocycles. The van der Waals surface area contributed by atoms with Crippen molar-refractivity contribution in [2.24, 2.45) is 23.7 Å². The van der Waals surface area contributed by atoms with Crippen LogP contribution in [0.4, 0.5) is 18.9 Å². The average Bonchev–Trinajstić information content (AvgIpc) is 3.29. The number of hydrogen-bond donors (Lipinski definition) is 1. The third-order valence-electron chi connectivity index (χ3n) is 6.15. The van der Waals surface area contributed by atoms with Crippen LogP contribution in [0.25, 0.3) is 0 Å². The van der Waals surface area contributed by atoms with Gasteiger partial charge in [0.2, 0.25) is 17.7 Å². The van der Waals surface area contributed by atoms with Gasteiger partial charge in [0.15, 0.2) is 0 Å². The highest BCUT2D eigenvalue weighted by Gasteiger charge is 2.60. The number of imide groups is 1. The van der Waals surface area contributed by atoms with Gasteiger partial charge in [-0.05, 0) is 49.3 Å². The van der Waals surface area contributed by atoms with Crippen LogP contribution in [0.15, 0.2) is 18.2 Å². The minimum absolute atomic E-state index is 0.0271. The summed E-state index contributed by atoms with van der Waals surface area (Å²) in [5.74, 6) is -1.04. The molecule has 5 nitrogen and oxygen atoms in total. The number of likely N-dealkylation sites (tertiary alicyclic amines) is 1. The molecule has 1 aromatic rings. The van der Waals surface area contributed by atoms with E-state index in [9.17, 15) is 27.6 Å². The Kier molecular flexibility index (Phi) is 4.64. The van der Waals surface area contributed by atoms with Gasteiger partial charge in [-0.1, -0.05) is 11.6 Å². The van der Waals surface area contributed by atoms with Crippen LogP contribution in [0, 0.1) is 23.7 Å². The first kappa shape index (κ1) is 19.2. The third-order valence-corrected chi connectivity index (χ3v) is 6.48. The summed E-state index contributed by atoms with van der Waals surface area (Å²) in [5, 5.41) is 2.31. The second-order valence-corrected chi connectivity index (χ2v) is 8.11. The van der Waals surface area contributed by atoms with E-state index in [0.29, 0.717) is 0 Å². The van der Waals surface area contributed by atoms with E-state index in [1.165, 1.54) is 0 Å². The van der Waals surface area contributed by atoms with E-state index in [4.69, 9.17) is 11.6 Å². The molecular weight excluding hydrogens is 397 g/mol. The molecule has 28 heavy (non-hydrogen) atoms. The zero-order valence-corrected chi connectivity index (χ0v) is 15.5. The summed E-state index contributed by atoms with van der Waals surface area (Å²) < 4.78 is 38.5. The number of fused-ring (bicyclic) bond motifs is 5. The van der Waals surface area contributed by atoms with Gasteiger partial charge in [-0.3, -0.25) is 19.3 Å². The summed E-state index contributed by atoms with van der Waals surface area (Å²) in [6.45, 7) is -0.0769. The average molecular weight is 415 g/mol. The molecule has 1 aliphatic heterocycles. The van der Waals surface area contributed by atoms with Crippen LogP contribution < -0.4 is 5.32 Å². The molecule has 0 aromatic heterocycles. The minimum atomic E-state index is -4.56. The maximum atomic E-state index is 12.8. The highest BCUT2D eigenvalue weighted by Crippen LogP contribution is 2.56. The lowest BCUT2D eigenvalue weighted by molar-refractivity contribution is -0.141. The summed E-state index contributed by atoms with van der Waals surface area (Å²) >= 11 is 5.87. The summed E-state index contributed by atoms with van der Waals surface area (Å²) in [7, 11) is 0. The van der Waals surface area contributed by atoms with Gasteiger partial charge >= 0.3 is 6.18 Å². The van der Waals surface area contributed by atoms with Gasteiger partial charge in [0.1, 0.15) is 0 Å². The number of anilines is 1. The van der Waals surface area contributed by atoms with Gasteiger partial charge in [-0.2, -0.15) is 13.2 Å². The van der Waals surface area contributed by atoms with E-state index >= 15 is 0 Å². The Hall–Kier alpha value is -2.09. The second kappa shape index (κ2) is 6.76. The van der Waals surface area contributed by atoms with Crippen molar-refractivity contribution in [1.82, 2.24) is 4.90 Å². The summed E-state index contributed by atoms with van der Waals surface area (Å²) in [6.07, 6.45) is -1.90. The number of hydrogen-bond acceptors (Lipinski definition) is 3. The van der Waals surface area contributed by atoms with Gasteiger partial charge in [0.25, 0.3) is 0 Å². The Labute approximate surface area is 164 Å². The molecule has 4 atom stereocenters. The second-order valence-electron chi connectivity index (χ2n) is 7.70. The number of nitrogens with zero attached hydrogens (tertiary/aromatic N) is 1. The quantitative estimate of drug-likeness (QED) is 0.764. The molecule has 0 spiro atoms. The van der Waals surface area contributed by atoms with Crippen molar-refractivity contribution in [2.75, 3.05) is 11.9 Å². The zero-order valence-electron chi connectivity index (χ0n) is 14.8. The van der Waals surface area contributed by atoms with Crippen LogP contribution in [0.3, 0.4) is 0 Å². The molecule has 9 heteroatoms. The van der Waals surface area contributed by atoms with E-state index in [1.54, 1.807) is 0 Å². The van der Waals surface area contributed by atoms with Crippen molar-refractivity contribution in [1.29, 1.82) is 0 Å². The molecule has 1 N–H and O–H groups in total. The Balaban J connectivity index is 1.39. The number of carbonyl (C=O) groups is 3. The van der Waals surface area contributed by atoms with Crippen LogP contribution >= 0.6 is 11.6 Å². The fraction of sp³-hybridized carbons (Fsp3) is 0.526. The molecule has 2 bridgehead atoms. The fourth-order valence-corrected chi connectivity index (χ4v) is 5.08. The molecule has 0 unspecified atom stereocenters. The van der Waals surface area contributed by atoms with E-state index in [2.05, 4.69) is 5.32 Å². The zero-order chi connectivity index (χ0) is 20.2. The van der Waals surface area contributed by atoms with E-state index < -0.39 is 17.6 Å². The van der Waals surface area contributed by atoms with E-state index in [0.717, 1.165) is 42.4 Å². The molecule has 150 valence electrons. The number of carbonyl (C=O) groups excluding carboxylic acids is 3. The maximum absolute atomic E-state index is 12.8. The van der Waals surface area contributed by atoms with Gasteiger partial charge < -0.3 is 5.32 Å². The van der Waals surface area contributed by atoms with Crippen LogP contribution in [0.1, 0.15) is 31.2 Å². The van der Waals surface area contributed by atoms with Crippen molar-refractivity contribution < 1.29 is 27.6 Å². The Morgan fingerprint density at radius 2 is 1.75 bits per heavy atom. The van der Waals surface area contributed by atoms with Crippen molar-refractivity contribution in [3.63, 3.8) is 0 Å². The normalized spacial score (nSPS) is 28.8. The van der Waals surface area contributed by atoms with Crippen LogP contribution in [-0.2, 0) is 20.6 Å². The predicted octanol–water partition coefficient (Wildman–Crippen LogP) is 3.72. The lowest BCUT2D eigenvalue weighted by Gasteiger charge is -2.19. The lowest BCUT2D eigenvalue weighted by atomic mass is 9.81. The van der Waals surface area contributed by atoms with Crippen LogP contribution in [0.5, 0.6) is 0 Å². The van der Waals surface area contributed by atoms with Gasteiger partial charge in [-0.25, -0.2) is 0 Å². The fourth-order valence-electron chi connectivity index (χ4n) is 4.91.